The summed E-state index contributed by atoms with van der Waals surface area (Å²) in [5.41, 5.74) is 11.1. The van der Waals surface area contributed by atoms with Crippen molar-refractivity contribution in [3.63, 3.8) is 0 Å². The molecule has 2 unspecified atom stereocenters. The van der Waals surface area contributed by atoms with Crippen LogP contribution >= 0.6 is 34.8 Å². The van der Waals surface area contributed by atoms with Gasteiger partial charge in [0.15, 0.2) is 40.5 Å². The van der Waals surface area contributed by atoms with Crippen molar-refractivity contribution in [3.8, 4) is 28.5 Å². The van der Waals surface area contributed by atoms with Crippen LogP contribution in [0.1, 0.15) is 64.9 Å². The molecule has 2 atom stereocenters. The van der Waals surface area contributed by atoms with E-state index in [1.165, 1.54) is 11.1 Å². The van der Waals surface area contributed by atoms with E-state index in [4.69, 9.17) is 39.5 Å². The van der Waals surface area contributed by atoms with Crippen LogP contribution in [0.3, 0.4) is 0 Å². The van der Waals surface area contributed by atoms with Crippen LogP contribution in [0.25, 0.3) is 39.7 Å². The first kappa shape index (κ1) is 42.9. The Labute approximate surface area is 366 Å². The predicted octanol–water partition coefficient (Wildman–Crippen LogP) is 9.31. The van der Waals surface area contributed by atoms with Crippen LogP contribution in [-0.2, 0) is 4.79 Å². The smallest absolute Gasteiger partial charge is 0.260 e. The number of amides is 1. The molecule has 0 aliphatic heterocycles. The number of aryl methyl sites for hydroxylation is 7. The fourth-order valence-electron chi connectivity index (χ4n) is 6.26. The maximum atomic E-state index is 12.4. The zero-order valence-corrected chi connectivity index (χ0v) is 37.5. The Balaban J connectivity index is 0.000000144. The number of halogens is 3. The molecule has 3 aromatic carbocycles. The molecule has 15 nitrogen and oxygen atoms in total. The van der Waals surface area contributed by atoms with Gasteiger partial charge in [0.2, 0.25) is 0 Å². The normalized spacial score (nSPS) is 12.3. The molecule has 0 bridgehead atoms. The van der Waals surface area contributed by atoms with Crippen LogP contribution < -0.4 is 10.1 Å². The maximum absolute atomic E-state index is 12.4. The van der Waals surface area contributed by atoms with Crippen LogP contribution in [0.4, 0.5) is 0 Å². The van der Waals surface area contributed by atoms with Crippen LogP contribution in [0, 0.1) is 48.5 Å². The first-order chi connectivity index (χ1) is 29.1. The average Bonchev–Trinajstić information content (AvgIpc) is 4.08. The number of carbonyl (C=O) groups is 1. The molecule has 6 heterocycles. The number of fused-ring (bicyclic) bond motifs is 3. The summed E-state index contributed by atoms with van der Waals surface area (Å²) in [4.78, 5) is 25.7. The molecule has 0 aliphatic rings. The topological polar surface area (TPSA) is 176 Å². The van der Waals surface area contributed by atoms with Crippen molar-refractivity contribution in [2.75, 3.05) is 6.54 Å². The number of aromatic nitrogens is 12. The molecule has 0 saturated heterocycles. The number of H-pyrrole nitrogens is 3. The summed E-state index contributed by atoms with van der Waals surface area (Å²) in [5, 5.41) is 26.9. The SMILES string of the molecule is Cc1ccc(-c2nc3c(Cl)c(C)[nH]n3n2)cc1.Cc1ccc(-c2nc3c(Cl)c(C)[nH]n3n2)cc1.Cc1ccc(OC(C)C(=O)NCC(C)c2nc3c(Cl)c(C)[nH]n3n2)c(C)c1. The number of ether oxygens (including phenoxy) is 1. The zero-order chi connectivity index (χ0) is 43.7. The van der Waals surface area contributed by atoms with E-state index >= 15 is 0 Å². The van der Waals surface area contributed by atoms with Crippen molar-refractivity contribution in [1.29, 1.82) is 0 Å². The summed E-state index contributed by atoms with van der Waals surface area (Å²) in [7, 11) is 0. The van der Waals surface area contributed by atoms with Gasteiger partial charge >= 0.3 is 0 Å². The van der Waals surface area contributed by atoms with Crippen LogP contribution in [0.15, 0.2) is 66.7 Å². The second-order valence-electron chi connectivity index (χ2n) is 15.1. The van der Waals surface area contributed by atoms with E-state index in [1.54, 1.807) is 20.8 Å². The third kappa shape index (κ3) is 9.43. The van der Waals surface area contributed by atoms with E-state index in [-0.39, 0.29) is 11.8 Å². The number of benzene rings is 3. The molecule has 9 aromatic rings. The highest BCUT2D eigenvalue weighted by Crippen LogP contribution is 2.26. The maximum Gasteiger partial charge on any atom is 0.260 e. The van der Waals surface area contributed by atoms with Crippen LogP contribution in [0.5, 0.6) is 5.75 Å². The van der Waals surface area contributed by atoms with Gasteiger partial charge in [-0.25, -0.2) is 15.0 Å². The number of rotatable bonds is 8. The average molecular weight is 883 g/mol. The van der Waals surface area contributed by atoms with E-state index < -0.39 is 6.10 Å². The summed E-state index contributed by atoms with van der Waals surface area (Å²) in [6.45, 7) is 17.8. The van der Waals surface area contributed by atoms with E-state index in [2.05, 4.69) is 64.7 Å². The first-order valence-electron chi connectivity index (χ1n) is 19.5. The summed E-state index contributed by atoms with van der Waals surface area (Å²) in [5.74, 6) is 2.45. The largest absolute Gasteiger partial charge is 0.481 e. The van der Waals surface area contributed by atoms with Crippen molar-refractivity contribution in [2.24, 2.45) is 0 Å². The predicted molar refractivity (Wildman–Crippen MR) is 239 cm³/mol. The molecule has 0 saturated carbocycles. The summed E-state index contributed by atoms with van der Waals surface area (Å²) < 4.78 is 10.6. The highest BCUT2D eigenvalue weighted by Gasteiger charge is 2.21. The Morgan fingerprint density at radius 1 is 0.623 bits per heavy atom. The molecule has 0 spiro atoms. The second kappa shape index (κ2) is 17.8. The number of hydrogen-bond acceptors (Lipinski definition) is 8. The van der Waals surface area contributed by atoms with Gasteiger partial charge in [-0.3, -0.25) is 20.1 Å². The van der Waals surface area contributed by atoms with E-state index in [0.29, 0.717) is 61.8 Å². The lowest BCUT2D eigenvalue weighted by Crippen LogP contribution is -2.38. The molecular weight excluding hydrogens is 837 g/mol. The van der Waals surface area contributed by atoms with Gasteiger partial charge < -0.3 is 10.1 Å². The van der Waals surface area contributed by atoms with Gasteiger partial charge in [0.25, 0.3) is 5.91 Å². The van der Waals surface area contributed by atoms with Crippen molar-refractivity contribution >= 4 is 57.7 Å². The third-order valence-electron chi connectivity index (χ3n) is 9.88. The number of nitrogens with one attached hydrogen (secondary N) is 4. The highest BCUT2D eigenvalue weighted by molar-refractivity contribution is 6.34. The molecule has 316 valence electrons. The lowest BCUT2D eigenvalue weighted by atomic mass is 10.1. The number of carbonyl (C=O) groups excluding carboxylic acids is 1. The van der Waals surface area contributed by atoms with Crippen molar-refractivity contribution in [1.82, 2.24) is 64.8 Å². The third-order valence-corrected chi connectivity index (χ3v) is 11.2. The molecule has 18 heteroatoms. The molecule has 0 radical (unpaired) electrons. The molecule has 61 heavy (non-hydrogen) atoms. The lowest BCUT2D eigenvalue weighted by Gasteiger charge is -2.17. The number of hydrogen-bond donors (Lipinski definition) is 4. The summed E-state index contributed by atoms with van der Waals surface area (Å²) in [6.07, 6.45) is -0.597. The minimum absolute atomic E-state index is 0.0630. The van der Waals surface area contributed by atoms with E-state index in [1.807, 2.05) is 108 Å². The molecule has 9 rings (SSSR count). The van der Waals surface area contributed by atoms with Crippen LogP contribution in [-0.4, -0.2) is 78.0 Å². The first-order valence-corrected chi connectivity index (χ1v) is 20.7. The molecule has 0 fully saturated rings. The molecule has 0 aliphatic carbocycles. The molecule has 1 amide bonds. The standard InChI is InChI=1S/C19H24ClN5O2.2C12H11ClN4/c1-10-6-7-15(11(2)8-10)27-14(5)19(26)21-9-12(3)17-22-18-16(20)13(4)23-25(18)24-17;2*1-7-3-5-9(6-4-7)11-14-12-10(13)8(2)15-17(12)16-11/h6-8,12,14,23H,9H2,1-5H3,(H,21,26);2*3-6,15H,1-2H3. The number of aromatic amines is 3. The Bertz CT molecular complexity index is 2850. The summed E-state index contributed by atoms with van der Waals surface area (Å²) >= 11 is 18.4. The van der Waals surface area contributed by atoms with E-state index in [0.717, 1.165) is 39.3 Å². The van der Waals surface area contributed by atoms with Gasteiger partial charge in [0, 0.05) is 23.6 Å². The van der Waals surface area contributed by atoms with Gasteiger partial charge in [0.1, 0.15) is 20.8 Å². The monoisotopic (exact) mass is 881 g/mol. The molecule has 4 N–H and O–H groups in total. The minimum Gasteiger partial charge on any atom is -0.481 e. The Hall–Kier alpha value is -6.16. The Morgan fingerprint density at radius 2 is 1.05 bits per heavy atom. The Morgan fingerprint density at radius 3 is 1.48 bits per heavy atom. The number of nitrogens with zero attached hydrogens (tertiary/aromatic N) is 9. The zero-order valence-electron chi connectivity index (χ0n) is 35.2. The lowest BCUT2D eigenvalue weighted by molar-refractivity contribution is -0.127. The van der Waals surface area contributed by atoms with Gasteiger partial charge in [-0.05, 0) is 67.0 Å². The van der Waals surface area contributed by atoms with Crippen LogP contribution in [0.2, 0.25) is 15.1 Å². The van der Waals surface area contributed by atoms with Gasteiger partial charge in [-0.2, -0.15) is 13.9 Å². The highest BCUT2D eigenvalue weighted by atomic mass is 35.5. The van der Waals surface area contributed by atoms with Gasteiger partial charge in [-0.15, -0.1) is 15.3 Å². The Kier molecular flexibility index (Phi) is 12.5. The molecular formula is C43H46Cl3N13O2. The van der Waals surface area contributed by atoms with Gasteiger partial charge in [0.05, 0.1) is 17.1 Å². The second-order valence-corrected chi connectivity index (χ2v) is 16.2. The quantitative estimate of drug-likeness (QED) is 0.117. The van der Waals surface area contributed by atoms with Crippen molar-refractivity contribution in [2.45, 2.75) is 74.3 Å². The van der Waals surface area contributed by atoms with E-state index in [9.17, 15) is 4.79 Å². The van der Waals surface area contributed by atoms with Gasteiger partial charge in [-0.1, -0.05) is 119 Å². The fraction of sp³-hybridized carbons (Fsp3) is 0.279. The van der Waals surface area contributed by atoms with Crippen molar-refractivity contribution in [3.05, 3.63) is 127 Å². The molecule has 6 aromatic heterocycles. The van der Waals surface area contributed by atoms with Crippen molar-refractivity contribution < 1.29 is 9.53 Å². The fourth-order valence-corrected chi connectivity index (χ4v) is 6.76. The minimum atomic E-state index is -0.597. The summed E-state index contributed by atoms with van der Waals surface area (Å²) in [6, 6.07) is 22.1.